The van der Waals surface area contributed by atoms with Crippen LogP contribution >= 0.6 is 0 Å². The van der Waals surface area contributed by atoms with Gasteiger partial charge >= 0.3 is 5.97 Å². The summed E-state index contributed by atoms with van der Waals surface area (Å²) in [5, 5.41) is 52.6. The van der Waals surface area contributed by atoms with Crippen molar-refractivity contribution in [3.05, 3.63) is 11.6 Å². The van der Waals surface area contributed by atoms with Crippen molar-refractivity contribution < 1.29 is 44.5 Å². The van der Waals surface area contributed by atoms with E-state index >= 15 is 0 Å². The van der Waals surface area contributed by atoms with Crippen LogP contribution in [-0.4, -0.2) is 87.1 Å². The summed E-state index contributed by atoms with van der Waals surface area (Å²) in [5.41, 5.74) is 0.141. The molecule has 9 heteroatoms. The molecule has 0 amide bonds. The van der Waals surface area contributed by atoms with Gasteiger partial charge < -0.3 is 39.7 Å². The Bertz CT molecular complexity index is 968. The Labute approximate surface area is 224 Å². The summed E-state index contributed by atoms with van der Waals surface area (Å²) < 4.78 is 17.0. The quantitative estimate of drug-likeness (QED) is 0.266. The maximum absolute atomic E-state index is 12.4. The van der Waals surface area contributed by atoms with E-state index in [2.05, 4.69) is 13.8 Å². The lowest BCUT2D eigenvalue weighted by molar-refractivity contribution is -0.317. The topological polar surface area (TPSA) is 146 Å². The molecule has 5 N–H and O–H groups in total. The molecule has 4 aliphatic carbocycles. The van der Waals surface area contributed by atoms with E-state index in [9.17, 15) is 30.3 Å². The van der Waals surface area contributed by atoms with Crippen molar-refractivity contribution in [1.82, 2.24) is 0 Å². The average molecular weight is 537 g/mol. The van der Waals surface area contributed by atoms with Crippen molar-refractivity contribution >= 4 is 5.97 Å². The molecule has 38 heavy (non-hydrogen) atoms. The number of carbonyl (C=O) groups excluding carboxylic acids is 1. The van der Waals surface area contributed by atoms with E-state index in [-0.39, 0.29) is 34.7 Å². The minimum absolute atomic E-state index is 0.0823. The Morgan fingerprint density at radius 2 is 1.76 bits per heavy atom. The Morgan fingerprint density at radius 1 is 0.974 bits per heavy atom. The van der Waals surface area contributed by atoms with Gasteiger partial charge in [-0.1, -0.05) is 13.8 Å². The van der Waals surface area contributed by atoms with Crippen LogP contribution in [0.1, 0.15) is 71.6 Å². The number of esters is 1. The lowest BCUT2D eigenvalue weighted by Gasteiger charge is -2.64. The first-order chi connectivity index (χ1) is 18.0. The van der Waals surface area contributed by atoms with Crippen molar-refractivity contribution in [3.63, 3.8) is 0 Å². The summed E-state index contributed by atoms with van der Waals surface area (Å²) in [4.78, 5) is 11.8. The van der Waals surface area contributed by atoms with E-state index in [0.29, 0.717) is 18.4 Å². The smallest absolute Gasteiger partial charge is 0.331 e. The van der Waals surface area contributed by atoms with Crippen LogP contribution in [0.4, 0.5) is 0 Å². The predicted octanol–water partition coefficient (Wildman–Crippen LogP) is 1.43. The van der Waals surface area contributed by atoms with Crippen LogP contribution < -0.4 is 0 Å². The maximum Gasteiger partial charge on any atom is 0.331 e. The molecular formula is C29H44O9. The molecule has 0 bridgehead atoms. The molecule has 6 rings (SSSR count). The third kappa shape index (κ3) is 3.87. The summed E-state index contributed by atoms with van der Waals surface area (Å²) in [6.07, 6.45) is 3.41. The summed E-state index contributed by atoms with van der Waals surface area (Å²) in [5.74, 6) is 0.994. The number of cyclic esters (lactones) is 1. The van der Waals surface area contributed by atoms with Crippen LogP contribution in [0.2, 0.25) is 0 Å². The number of aliphatic hydroxyl groups excluding tert-OH is 4. The van der Waals surface area contributed by atoms with Gasteiger partial charge in [0.1, 0.15) is 31.0 Å². The first kappa shape index (κ1) is 27.1. The summed E-state index contributed by atoms with van der Waals surface area (Å²) >= 11 is 0. The van der Waals surface area contributed by atoms with E-state index in [1.807, 2.05) is 0 Å². The molecule has 6 aliphatic rings. The molecule has 0 aromatic rings. The number of rotatable bonds is 4. The van der Waals surface area contributed by atoms with Gasteiger partial charge in [-0.2, -0.15) is 0 Å². The molecule has 9 nitrogen and oxygen atoms in total. The number of fused-ring (bicyclic) bond motifs is 5. The second kappa shape index (κ2) is 9.50. The molecule has 0 unspecified atom stereocenters. The lowest BCUT2D eigenvalue weighted by Crippen LogP contribution is -2.63. The fraction of sp³-hybridized carbons (Fsp3) is 0.897. The van der Waals surface area contributed by atoms with Crippen LogP contribution in [-0.2, 0) is 19.0 Å². The van der Waals surface area contributed by atoms with E-state index in [1.54, 1.807) is 6.08 Å². The predicted molar refractivity (Wildman–Crippen MR) is 134 cm³/mol. The minimum atomic E-state index is -1.44. The van der Waals surface area contributed by atoms with Gasteiger partial charge in [-0.05, 0) is 92.4 Å². The van der Waals surface area contributed by atoms with Crippen LogP contribution in [0.15, 0.2) is 11.6 Å². The average Bonchev–Trinajstić information content (AvgIpc) is 3.44. The highest BCUT2D eigenvalue weighted by Gasteiger charge is 2.67. The van der Waals surface area contributed by atoms with Gasteiger partial charge in [0.2, 0.25) is 0 Å². The zero-order valence-corrected chi connectivity index (χ0v) is 22.5. The molecule has 214 valence electrons. The van der Waals surface area contributed by atoms with E-state index < -0.39 is 42.9 Å². The largest absolute Gasteiger partial charge is 0.458 e. The first-order valence-corrected chi connectivity index (χ1v) is 14.6. The van der Waals surface area contributed by atoms with E-state index in [0.717, 1.165) is 63.4 Å². The number of aliphatic hydroxyl groups is 5. The zero-order chi connectivity index (χ0) is 27.0. The Morgan fingerprint density at radius 3 is 2.47 bits per heavy atom. The standard InChI is InChI=1S/C29H44O9/c1-27-8-5-17(37-26-25(34)24(33)23(32)21(13-30)38-26)12-16(27)3-4-20-19(27)6-9-28(2)18(7-10-29(20,28)35)15-11-22(31)36-14-15/h11,16-21,23-26,30,32-35H,3-10,12-14H2,1-2H3/t16-,17+,18-,19+,20-,21+,23+,24-,25-,26-,27+,28-,29+/m1/s1. The molecule has 13 atom stereocenters. The molecule has 2 heterocycles. The second-order valence-corrected chi connectivity index (χ2v) is 13.5. The van der Waals surface area contributed by atoms with Crippen LogP contribution in [0, 0.1) is 34.5 Å². The third-order valence-corrected chi connectivity index (χ3v) is 12.1. The first-order valence-electron chi connectivity index (χ1n) is 14.6. The van der Waals surface area contributed by atoms with E-state index in [1.165, 1.54) is 0 Å². The van der Waals surface area contributed by atoms with Gasteiger partial charge in [0.05, 0.1) is 18.3 Å². The molecule has 5 fully saturated rings. The maximum atomic E-state index is 12.4. The molecule has 0 spiro atoms. The van der Waals surface area contributed by atoms with Crippen molar-refractivity contribution in [1.29, 1.82) is 0 Å². The normalized spacial score (nSPS) is 54.5. The molecule has 2 aliphatic heterocycles. The Kier molecular flexibility index (Phi) is 6.78. The van der Waals surface area contributed by atoms with Crippen molar-refractivity contribution in [3.8, 4) is 0 Å². The highest BCUT2D eigenvalue weighted by molar-refractivity contribution is 5.85. The van der Waals surface area contributed by atoms with Gasteiger partial charge in [0.25, 0.3) is 0 Å². The third-order valence-electron chi connectivity index (χ3n) is 12.1. The summed E-state index contributed by atoms with van der Waals surface area (Å²) in [7, 11) is 0. The zero-order valence-electron chi connectivity index (χ0n) is 22.5. The Balaban J connectivity index is 1.15. The van der Waals surface area contributed by atoms with Gasteiger partial charge in [-0.3, -0.25) is 0 Å². The summed E-state index contributed by atoms with van der Waals surface area (Å²) in [6, 6.07) is 0. The SMILES string of the molecule is C[C@]12CC[C@H](O[C@@H]3O[C@@H](CO)[C@H](O)[C@@H](O)[C@H]3O)C[C@H]1CC[C@@H]1[C@@H]2CC[C@]2(C)[C@@H](C3=CC(=O)OC3)CC[C@]12O. The van der Waals surface area contributed by atoms with E-state index in [4.69, 9.17) is 14.2 Å². The van der Waals surface area contributed by atoms with Gasteiger partial charge in [0, 0.05) is 11.5 Å². The number of hydrogen-bond acceptors (Lipinski definition) is 9. The number of ether oxygens (including phenoxy) is 3. The fourth-order valence-corrected chi connectivity index (χ4v) is 9.86. The van der Waals surface area contributed by atoms with Gasteiger partial charge in [0.15, 0.2) is 6.29 Å². The van der Waals surface area contributed by atoms with Crippen LogP contribution in [0.25, 0.3) is 0 Å². The highest BCUT2D eigenvalue weighted by atomic mass is 16.7. The minimum Gasteiger partial charge on any atom is -0.458 e. The van der Waals surface area contributed by atoms with Gasteiger partial charge in [-0.15, -0.1) is 0 Å². The molecule has 0 radical (unpaired) electrons. The van der Waals surface area contributed by atoms with Crippen LogP contribution in [0.5, 0.6) is 0 Å². The molecular weight excluding hydrogens is 492 g/mol. The molecule has 0 aromatic heterocycles. The van der Waals surface area contributed by atoms with Crippen LogP contribution in [0.3, 0.4) is 0 Å². The highest BCUT2D eigenvalue weighted by Crippen LogP contribution is 2.70. The lowest BCUT2D eigenvalue weighted by atomic mass is 9.43. The second-order valence-electron chi connectivity index (χ2n) is 13.5. The van der Waals surface area contributed by atoms with Gasteiger partial charge in [-0.25, -0.2) is 4.79 Å². The van der Waals surface area contributed by atoms with Crippen molar-refractivity contribution in [2.45, 2.75) is 114 Å². The fourth-order valence-electron chi connectivity index (χ4n) is 9.86. The van der Waals surface area contributed by atoms with Crippen molar-refractivity contribution in [2.24, 2.45) is 34.5 Å². The van der Waals surface area contributed by atoms with Crippen molar-refractivity contribution in [2.75, 3.05) is 13.2 Å². The molecule has 4 saturated carbocycles. The molecule has 1 saturated heterocycles. The molecule has 0 aromatic carbocycles. The number of hydrogen-bond donors (Lipinski definition) is 5. The Hall–Kier alpha value is -1.07. The summed E-state index contributed by atoms with van der Waals surface area (Å²) in [6.45, 7) is 4.52. The number of carbonyl (C=O) groups is 1. The monoisotopic (exact) mass is 536 g/mol.